The van der Waals surface area contributed by atoms with E-state index in [9.17, 15) is 0 Å². The van der Waals surface area contributed by atoms with Gasteiger partial charge in [-0.3, -0.25) is 0 Å². The molecule has 0 aromatic rings. The van der Waals surface area contributed by atoms with Gasteiger partial charge in [0.1, 0.15) is 0 Å². The molecular formula is C15H27NO. The number of nitrogens with one attached hydrogen (secondary N) is 1. The third kappa shape index (κ3) is 3.47. The highest BCUT2D eigenvalue weighted by Crippen LogP contribution is 2.43. The van der Waals surface area contributed by atoms with Crippen LogP contribution in [0.4, 0.5) is 0 Å². The zero-order valence-corrected chi connectivity index (χ0v) is 11.8. The maximum absolute atomic E-state index is 5.82. The van der Waals surface area contributed by atoms with Crippen molar-refractivity contribution in [1.82, 2.24) is 5.32 Å². The van der Waals surface area contributed by atoms with Crippen LogP contribution in [-0.2, 0) is 4.74 Å². The first-order valence-electron chi connectivity index (χ1n) is 6.74. The molecule has 1 N–H and O–H groups in total. The number of methoxy groups -OCH3 is 1. The molecule has 1 unspecified atom stereocenters. The molecule has 1 rings (SSSR count). The van der Waals surface area contributed by atoms with Gasteiger partial charge < -0.3 is 10.1 Å². The minimum absolute atomic E-state index is 0.0450. The first-order valence-corrected chi connectivity index (χ1v) is 6.74. The van der Waals surface area contributed by atoms with Gasteiger partial charge in [-0.2, -0.15) is 0 Å². The first-order chi connectivity index (χ1) is 7.99. The summed E-state index contributed by atoms with van der Waals surface area (Å²) in [5.41, 5.74) is 0.283. The van der Waals surface area contributed by atoms with Gasteiger partial charge in [0, 0.05) is 7.11 Å². The van der Waals surface area contributed by atoms with Crippen molar-refractivity contribution in [1.29, 1.82) is 0 Å². The third-order valence-electron chi connectivity index (χ3n) is 4.15. The molecule has 1 atom stereocenters. The van der Waals surface area contributed by atoms with E-state index in [4.69, 9.17) is 11.2 Å². The van der Waals surface area contributed by atoms with E-state index in [1.807, 2.05) is 0 Å². The van der Waals surface area contributed by atoms with Gasteiger partial charge >= 0.3 is 0 Å². The van der Waals surface area contributed by atoms with E-state index in [1.165, 1.54) is 12.8 Å². The molecule has 0 aliphatic heterocycles. The Hall–Kier alpha value is -0.520. The Kier molecular flexibility index (Phi) is 5.04. The van der Waals surface area contributed by atoms with Crippen molar-refractivity contribution >= 4 is 0 Å². The Morgan fingerprint density at radius 3 is 2.29 bits per heavy atom. The molecule has 0 saturated heterocycles. The highest BCUT2D eigenvalue weighted by molar-refractivity contribution is 5.12. The molecular weight excluding hydrogens is 210 g/mol. The fraction of sp³-hybridized carbons (Fsp3) is 0.867. The molecule has 2 nitrogen and oxygen atoms in total. The smallest absolute Gasteiger partial charge is 0.0981 e. The van der Waals surface area contributed by atoms with Crippen molar-refractivity contribution in [3.63, 3.8) is 0 Å². The Morgan fingerprint density at radius 1 is 1.29 bits per heavy atom. The highest BCUT2D eigenvalue weighted by atomic mass is 16.5. The fourth-order valence-corrected chi connectivity index (χ4v) is 2.65. The van der Waals surface area contributed by atoms with E-state index in [1.54, 1.807) is 7.11 Å². The predicted molar refractivity (Wildman–Crippen MR) is 72.9 cm³/mol. The van der Waals surface area contributed by atoms with Crippen LogP contribution in [0.2, 0.25) is 0 Å². The summed E-state index contributed by atoms with van der Waals surface area (Å²) in [5, 5.41) is 3.45. The van der Waals surface area contributed by atoms with Gasteiger partial charge in [-0.05, 0) is 44.1 Å². The topological polar surface area (TPSA) is 21.3 Å². The Bertz CT molecular complexity index is 267. The van der Waals surface area contributed by atoms with Crippen LogP contribution in [0, 0.1) is 17.8 Å². The van der Waals surface area contributed by atoms with Crippen LogP contribution in [0.25, 0.3) is 0 Å². The molecule has 1 fully saturated rings. The molecule has 0 spiro atoms. The first kappa shape index (κ1) is 14.5. The molecule has 98 valence electrons. The zero-order valence-electron chi connectivity index (χ0n) is 11.8. The standard InChI is InChI=1S/C15H27NO/c1-6-12-16-13(7-2)15(17-5)10-8-14(3,4)9-11-15/h2,13,16H,6,8-12H2,1,3-5H3. The van der Waals surface area contributed by atoms with Crippen LogP contribution in [0.5, 0.6) is 0 Å². The summed E-state index contributed by atoms with van der Waals surface area (Å²) in [7, 11) is 1.80. The van der Waals surface area contributed by atoms with E-state index in [2.05, 4.69) is 32.0 Å². The third-order valence-corrected chi connectivity index (χ3v) is 4.15. The van der Waals surface area contributed by atoms with Crippen LogP contribution >= 0.6 is 0 Å². The number of ether oxygens (including phenoxy) is 1. The number of terminal acetylenes is 1. The van der Waals surface area contributed by atoms with E-state index >= 15 is 0 Å². The molecule has 0 heterocycles. The number of rotatable bonds is 5. The van der Waals surface area contributed by atoms with Crippen molar-refractivity contribution < 1.29 is 4.74 Å². The largest absolute Gasteiger partial charge is 0.376 e. The normalized spacial score (nSPS) is 23.9. The Balaban J connectivity index is 2.71. The van der Waals surface area contributed by atoms with Gasteiger partial charge in [-0.1, -0.05) is 26.7 Å². The van der Waals surface area contributed by atoms with E-state index in [0.29, 0.717) is 5.41 Å². The van der Waals surface area contributed by atoms with Crippen LogP contribution < -0.4 is 5.32 Å². The van der Waals surface area contributed by atoms with Crippen molar-refractivity contribution in [3.05, 3.63) is 0 Å². The molecule has 0 bridgehead atoms. The molecule has 1 aliphatic carbocycles. The van der Waals surface area contributed by atoms with E-state index < -0.39 is 0 Å². The van der Waals surface area contributed by atoms with Crippen LogP contribution in [0.1, 0.15) is 52.9 Å². The van der Waals surface area contributed by atoms with Crippen LogP contribution in [-0.4, -0.2) is 25.3 Å². The van der Waals surface area contributed by atoms with Crippen molar-refractivity contribution in [2.75, 3.05) is 13.7 Å². The van der Waals surface area contributed by atoms with E-state index in [-0.39, 0.29) is 11.6 Å². The summed E-state index contributed by atoms with van der Waals surface area (Å²) in [6.07, 6.45) is 11.3. The molecule has 1 saturated carbocycles. The van der Waals surface area contributed by atoms with Gasteiger partial charge in [0.15, 0.2) is 0 Å². The van der Waals surface area contributed by atoms with Gasteiger partial charge in [0.25, 0.3) is 0 Å². The quantitative estimate of drug-likeness (QED) is 0.742. The molecule has 0 amide bonds. The lowest BCUT2D eigenvalue weighted by molar-refractivity contribution is -0.0739. The maximum atomic E-state index is 5.82. The van der Waals surface area contributed by atoms with Gasteiger partial charge in [-0.25, -0.2) is 0 Å². The maximum Gasteiger partial charge on any atom is 0.0981 e. The van der Waals surface area contributed by atoms with Crippen LogP contribution in [0.3, 0.4) is 0 Å². The lowest BCUT2D eigenvalue weighted by atomic mass is 9.68. The fourth-order valence-electron chi connectivity index (χ4n) is 2.65. The minimum Gasteiger partial charge on any atom is -0.376 e. The summed E-state index contributed by atoms with van der Waals surface area (Å²) in [6, 6.07) is 0.0450. The van der Waals surface area contributed by atoms with Crippen LogP contribution in [0.15, 0.2) is 0 Å². The zero-order chi connectivity index (χ0) is 12.9. The average molecular weight is 237 g/mol. The molecule has 0 aromatic heterocycles. The van der Waals surface area contributed by atoms with Gasteiger partial charge in [-0.15, -0.1) is 6.42 Å². The Morgan fingerprint density at radius 2 is 1.88 bits per heavy atom. The second-order valence-corrected chi connectivity index (χ2v) is 5.99. The molecule has 17 heavy (non-hydrogen) atoms. The van der Waals surface area contributed by atoms with Crippen molar-refractivity contribution in [2.24, 2.45) is 5.41 Å². The second kappa shape index (κ2) is 5.89. The molecule has 0 radical (unpaired) electrons. The lowest BCUT2D eigenvalue weighted by Crippen LogP contribution is -2.54. The minimum atomic E-state index is -0.153. The SMILES string of the molecule is C#CC(NCCC)C1(OC)CCC(C)(C)CC1. The van der Waals surface area contributed by atoms with Crippen molar-refractivity contribution in [3.8, 4) is 12.3 Å². The Labute approximate surface area is 107 Å². The molecule has 1 aliphatic rings. The number of hydrogen-bond donors (Lipinski definition) is 1. The summed E-state index contributed by atoms with van der Waals surface area (Å²) < 4.78 is 5.82. The van der Waals surface area contributed by atoms with E-state index in [0.717, 1.165) is 25.8 Å². The predicted octanol–water partition coefficient (Wildman–Crippen LogP) is 2.97. The second-order valence-electron chi connectivity index (χ2n) is 5.99. The lowest BCUT2D eigenvalue weighted by Gasteiger charge is -2.45. The summed E-state index contributed by atoms with van der Waals surface area (Å²) in [6.45, 7) is 7.78. The highest BCUT2D eigenvalue weighted by Gasteiger charge is 2.43. The summed E-state index contributed by atoms with van der Waals surface area (Å²) >= 11 is 0. The molecule has 2 heteroatoms. The van der Waals surface area contributed by atoms with Gasteiger partial charge in [0.05, 0.1) is 11.6 Å². The monoisotopic (exact) mass is 237 g/mol. The average Bonchev–Trinajstić information content (AvgIpc) is 2.32. The van der Waals surface area contributed by atoms with Gasteiger partial charge in [0.2, 0.25) is 0 Å². The molecule has 0 aromatic carbocycles. The summed E-state index contributed by atoms with van der Waals surface area (Å²) in [5.74, 6) is 2.89. The summed E-state index contributed by atoms with van der Waals surface area (Å²) in [4.78, 5) is 0. The van der Waals surface area contributed by atoms with Crippen molar-refractivity contribution in [2.45, 2.75) is 64.5 Å². The number of hydrogen-bond acceptors (Lipinski definition) is 2.